The Morgan fingerprint density at radius 2 is 1.42 bits per heavy atom. The lowest BCUT2D eigenvalue weighted by molar-refractivity contribution is 0.442. The van der Waals surface area contributed by atoms with Gasteiger partial charge in [-0.3, -0.25) is 4.98 Å². The lowest BCUT2D eigenvalue weighted by Crippen LogP contribution is -1.91. The lowest BCUT2D eigenvalue weighted by Gasteiger charge is -2.04. The molecule has 4 heteroatoms. The number of benzene rings is 1. The summed E-state index contributed by atoms with van der Waals surface area (Å²) in [7, 11) is 0. The zero-order valence-electron chi connectivity index (χ0n) is 10.1. The molecule has 0 aliphatic rings. The van der Waals surface area contributed by atoms with Gasteiger partial charge in [0.2, 0.25) is 0 Å². The molecular formula is C15H11N3O. The van der Waals surface area contributed by atoms with Crippen molar-refractivity contribution in [1.29, 1.82) is 0 Å². The second kappa shape index (κ2) is 5.27. The molecule has 3 aromatic rings. The van der Waals surface area contributed by atoms with Gasteiger partial charge >= 0.3 is 6.01 Å². The van der Waals surface area contributed by atoms with Gasteiger partial charge in [0.15, 0.2) is 0 Å². The SMILES string of the molecule is c1ccc(Oc2ncc(-c3ccncc3)cn2)cc1. The Balaban J connectivity index is 1.80. The molecule has 0 saturated carbocycles. The average Bonchev–Trinajstić information content (AvgIpc) is 2.50. The molecule has 0 radical (unpaired) electrons. The zero-order valence-corrected chi connectivity index (χ0v) is 10.1. The molecule has 19 heavy (non-hydrogen) atoms. The third-order valence-corrected chi connectivity index (χ3v) is 2.59. The summed E-state index contributed by atoms with van der Waals surface area (Å²) in [5.74, 6) is 0.721. The first kappa shape index (κ1) is 11.3. The van der Waals surface area contributed by atoms with E-state index in [2.05, 4.69) is 15.0 Å². The number of hydrogen-bond acceptors (Lipinski definition) is 4. The van der Waals surface area contributed by atoms with Crippen LogP contribution < -0.4 is 4.74 Å². The minimum absolute atomic E-state index is 0.337. The smallest absolute Gasteiger partial charge is 0.321 e. The van der Waals surface area contributed by atoms with Gasteiger partial charge in [-0.05, 0) is 29.8 Å². The van der Waals surface area contributed by atoms with Crippen molar-refractivity contribution in [3.05, 3.63) is 67.3 Å². The van der Waals surface area contributed by atoms with E-state index < -0.39 is 0 Å². The second-order valence-electron chi connectivity index (χ2n) is 3.91. The fourth-order valence-electron chi connectivity index (χ4n) is 1.66. The molecule has 0 spiro atoms. The van der Waals surface area contributed by atoms with Gasteiger partial charge in [0, 0.05) is 30.4 Å². The van der Waals surface area contributed by atoms with Crippen LogP contribution in [0, 0.1) is 0 Å². The van der Waals surface area contributed by atoms with E-state index in [-0.39, 0.29) is 0 Å². The Hall–Kier alpha value is -2.75. The van der Waals surface area contributed by atoms with Gasteiger partial charge in [0.1, 0.15) is 5.75 Å². The highest BCUT2D eigenvalue weighted by atomic mass is 16.5. The van der Waals surface area contributed by atoms with E-state index in [9.17, 15) is 0 Å². The standard InChI is InChI=1S/C15H11N3O/c1-2-4-14(5-3-1)19-15-17-10-13(11-18-15)12-6-8-16-9-7-12/h1-11H. The Labute approximate surface area is 110 Å². The minimum Gasteiger partial charge on any atom is -0.424 e. The highest BCUT2D eigenvalue weighted by Crippen LogP contribution is 2.20. The third kappa shape index (κ3) is 2.74. The van der Waals surface area contributed by atoms with E-state index in [1.807, 2.05) is 42.5 Å². The van der Waals surface area contributed by atoms with Crippen molar-refractivity contribution in [2.75, 3.05) is 0 Å². The van der Waals surface area contributed by atoms with Crippen molar-refractivity contribution >= 4 is 0 Å². The monoisotopic (exact) mass is 249 g/mol. The molecule has 0 atom stereocenters. The first-order valence-electron chi connectivity index (χ1n) is 5.87. The summed E-state index contributed by atoms with van der Waals surface area (Å²) in [6.07, 6.45) is 6.95. The first-order chi connectivity index (χ1) is 9.42. The molecule has 2 heterocycles. The fraction of sp³-hybridized carbons (Fsp3) is 0. The number of para-hydroxylation sites is 1. The third-order valence-electron chi connectivity index (χ3n) is 2.59. The molecule has 0 saturated heterocycles. The van der Waals surface area contributed by atoms with Crippen LogP contribution in [0.2, 0.25) is 0 Å². The van der Waals surface area contributed by atoms with Crippen LogP contribution in [-0.4, -0.2) is 15.0 Å². The maximum Gasteiger partial charge on any atom is 0.321 e. The molecule has 92 valence electrons. The molecular weight excluding hydrogens is 238 g/mol. The van der Waals surface area contributed by atoms with Crippen LogP contribution in [0.25, 0.3) is 11.1 Å². The van der Waals surface area contributed by atoms with Crippen LogP contribution in [0.1, 0.15) is 0 Å². The first-order valence-corrected chi connectivity index (χ1v) is 5.87. The summed E-state index contributed by atoms with van der Waals surface area (Å²) in [4.78, 5) is 12.4. The van der Waals surface area contributed by atoms with Gasteiger partial charge in [-0.1, -0.05) is 18.2 Å². The maximum absolute atomic E-state index is 5.53. The Kier molecular flexibility index (Phi) is 3.14. The molecule has 2 aromatic heterocycles. The maximum atomic E-state index is 5.53. The van der Waals surface area contributed by atoms with E-state index in [0.717, 1.165) is 16.9 Å². The van der Waals surface area contributed by atoms with E-state index in [1.165, 1.54) is 0 Å². The van der Waals surface area contributed by atoms with Gasteiger partial charge in [-0.25, -0.2) is 9.97 Å². The highest BCUT2D eigenvalue weighted by Gasteiger charge is 2.02. The highest BCUT2D eigenvalue weighted by molar-refractivity contribution is 5.60. The molecule has 0 aliphatic heterocycles. The predicted octanol–water partition coefficient (Wildman–Crippen LogP) is 3.33. The molecule has 3 rings (SSSR count). The van der Waals surface area contributed by atoms with E-state index in [1.54, 1.807) is 24.8 Å². The summed E-state index contributed by atoms with van der Waals surface area (Å²) in [6, 6.07) is 13.6. The number of ether oxygens (including phenoxy) is 1. The van der Waals surface area contributed by atoms with Crippen molar-refractivity contribution < 1.29 is 4.74 Å². The summed E-state index contributed by atoms with van der Waals surface area (Å²) in [5, 5.41) is 0. The van der Waals surface area contributed by atoms with Crippen molar-refractivity contribution in [3.63, 3.8) is 0 Å². The van der Waals surface area contributed by atoms with Gasteiger partial charge in [-0.2, -0.15) is 0 Å². The number of rotatable bonds is 3. The van der Waals surface area contributed by atoms with Gasteiger partial charge in [0.25, 0.3) is 0 Å². The molecule has 0 fully saturated rings. The van der Waals surface area contributed by atoms with E-state index in [0.29, 0.717) is 6.01 Å². The summed E-state index contributed by atoms with van der Waals surface area (Å²) >= 11 is 0. The zero-order chi connectivity index (χ0) is 12.9. The molecule has 0 N–H and O–H groups in total. The Morgan fingerprint density at radius 1 is 0.737 bits per heavy atom. The fourth-order valence-corrected chi connectivity index (χ4v) is 1.66. The number of aromatic nitrogens is 3. The predicted molar refractivity (Wildman–Crippen MR) is 71.8 cm³/mol. The van der Waals surface area contributed by atoms with E-state index in [4.69, 9.17) is 4.74 Å². The number of nitrogens with zero attached hydrogens (tertiary/aromatic N) is 3. The molecule has 0 amide bonds. The molecule has 0 aliphatic carbocycles. The number of hydrogen-bond donors (Lipinski definition) is 0. The quantitative estimate of drug-likeness (QED) is 0.714. The largest absolute Gasteiger partial charge is 0.424 e. The Morgan fingerprint density at radius 3 is 2.11 bits per heavy atom. The van der Waals surface area contributed by atoms with Crippen LogP contribution in [0.4, 0.5) is 0 Å². The van der Waals surface area contributed by atoms with Crippen LogP contribution in [0.5, 0.6) is 11.8 Å². The summed E-state index contributed by atoms with van der Waals surface area (Å²) < 4.78 is 5.53. The van der Waals surface area contributed by atoms with Crippen LogP contribution >= 0.6 is 0 Å². The second-order valence-corrected chi connectivity index (χ2v) is 3.91. The number of pyridine rings is 1. The molecule has 1 aromatic carbocycles. The lowest BCUT2D eigenvalue weighted by atomic mass is 10.1. The minimum atomic E-state index is 0.337. The van der Waals surface area contributed by atoms with Crippen molar-refractivity contribution in [2.24, 2.45) is 0 Å². The van der Waals surface area contributed by atoms with Crippen LogP contribution in [0.15, 0.2) is 67.3 Å². The molecule has 4 nitrogen and oxygen atoms in total. The molecule has 0 bridgehead atoms. The van der Waals surface area contributed by atoms with Gasteiger partial charge < -0.3 is 4.74 Å². The summed E-state index contributed by atoms with van der Waals surface area (Å²) in [6.45, 7) is 0. The van der Waals surface area contributed by atoms with Crippen molar-refractivity contribution in [2.45, 2.75) is 0 Å². The van der Waals surface area contributed by atoms with Gasteiger partial charge in [0.05, 0.1) is 0 Å². The average molecular weight is 249 g/mol. The van der Waals surface area contributed by atoms with Gasteiger partial charge in [-0.15, -0.1) is 0 Å². The Bertz CT molecular complexity index is 639. The van der Waals surface area contributed by atoms with Crippen LogP contribution in [-0.2, 0) is 0 Å². The van der Waals surface area contributed by atoms with Crippen molar-refractivity contribution in [1.82, 2.24) is 15.0 Å². The molecule has 0 unspecified atom stereocenters. The van der Waals surface area contributed by atoms with Crippen LogP contribution in [0.3, 0.4) is 0 Å². The normalized spacial score (nSPS) is 10.1. The summed E-state index contributed by atoms with van der Waals surface area (Å²) in [5.41, 5.74) is 1.96. The topological polar surface area (TPSA) is 47.9 Å². The van der Waals surface area contributed by atoms with E-state index >= 15 is 0 Å². The van der Waals surface area contributed by atoms with Crippen molar-refractivity contribution in [3.8, 4) is 22.9 Å².